The Bertz CT molecular complexity index is 1860. The molecule has 10 nitrogen and oxygen atoms in total. The Hall–Kier alpha value is -5.13. The van der Waals surface area contributed by atoms with Crippen LogP contribution in [0.4, 0.5) is 31.0 Å². The van der Waals surface area contributed by atoms with Gasteiger partial charge < -0.3 is 10.6 Å². The molecule has 0 aliphatic rings. The molecular weight excluding hydrogens is 542 g/mol. The SMILES string of the molecule is CNc1ncc2cc(-c3ccc(F)c(NC(=O)Nc4cc(C(C)C)nn4-c4cccc(F)c4)c3)c(=O)n(C(C)C)c2n1. The van der Waals surface area contributed by atoms with Crippen molar-refractivity contribution in [1.29, 1.82) is 0 Å². The van der Waals surface area contributed by atoms with Crippen molar-refractivity contribution in [2.45, 2.75) is 39.7 Å². The highest BCUT2D eigenvalue weighted by Gasteiger charge is 2.19. The number of hydrogen-bond acceptors (Lipinski definition) is 6. The maximum atomic E-state index is 14.9. The molecule has 3 heterocycles. The van der Waals surface area contributed by atoms with Crippen LogP contribution in [0.5, 0.6) is 0 Å². The molecule has 216 valence electrons. The first kappa shape index (κ1) is 28.4. The van der Waals surface area contributed by atoms with Crippen molar-refractivity contribution in [3.8, 4) is 16.8 Å². The molecule has 0 bridgehead atoms. The lowest BCUT2D eigenvalue weighted by atomic mass is 10.0. The number of urea groups is 1. The molecule has 0 aliphatic carbocycles. The third kappa shape index (κ3) is 5.55. The molecule has 0 aliphatic heterocycles. The molecule has 0 saturated heterocycles. The lowest BCUT2D eigenvalue weighted by Gasteiger charge is -2.16. The van der Waals surface area contributed by atoms with E-state index in [1.54, 1.807) is 36.0 Å². The number of amides is 2. The van der Waals surface area contributed by atoms with Crippen LogP contribution in [0.2, 0.25) is 0 Å². The van der Waals surface area contributed by atoms with Crippen molar-refractivity contribution >= 4 is 34.5 Å². The number of nitrogens with one attached hydrogen (secondary N) is 3. The van der Waals surface area contributed by atoms with E-state index in [0.29, 0.717) is 39.5 Å². The Morgan fingerprint density at radius 1 is 0.976 bits per heavy atom. The normalized spacial score (nSPS) is 11.4. The second-order valence-electron chi connectivity index (χ2n) is 10.3. The fourth-order valence-electron chi connectivity index (χ4n) is 4.56. The number of aromatic nitrogens is 5. The van der Waals surface area contributed by atoms with Gasteiger partial charge in [-0.25, -0.2) is 23.2 Å². The van der Waals surface area contributed by atoms with Crippen LogP contribution in [-0.2, 0) is 0 Å². The Labute approximate surface area is 240 Å². The largest absolute Gasteiger partial charge is 0.357 e. The van der Waals surface area contributed by atoms with Gasteiger partial charge in [-0.2, -0.15) is 10.1 Å². The van der Waals surface area contributed by atoms with E-state index < -0.39 is 17.7 Å². The summed E-state index contributed by atoms with van der Waals surface area (Å²) in [4.78, 5) is 35.4. The van der Waals surface area contributed by atoms with Gasteiger partial charge in [-0.05, 0) is 61.7 Å². The van der Waals surface area contributed by atoms with Gasteiger partial charge >= 0.3 is 6.03 Å². The van der Waals surface area contributed by atoms with E-state index in [2.05, 4.69) is 31.0 Å². The second kappa shape index (κ2) is 11.4. The zero-order chi connectivity index (χ0) is 30.1. The zero-order valence-electron chi connectivity index (χ0n) is 23.7. The molecule has 5 rings (SSSR count). The lowest BCUT2D eigenvalue weighted by molar-refractivity contribution is 0.262. The Balaban J connectivity index is 1.49. The van der Waals surface area contributed by atoms with E-state index in [-0.39, 0.29) is 29.0 Å². The van der Waals surface area contributed by atoms with Crippen molar-refractivity contribution < 1.29 is 13.6 Å². The average molecular weight is 573 g/mol. The number of nitrogens with zero attached hydrogens (tertiary/aromatic N) is 5. The van der Waals surface area contributed by atoms with Crippen LogP contribution in [-0.4, -0.2) is 37.4 Å². The Kier molecular flexibility index (Phi) is 7.70. The number of rotatable bonds is 7. The standard InChI is InChI=1S/C30H30F2N8O2/c1-16(2)24-14-26(40(38-24)21-8-6-7-20(31)13-21)36-30(42)35-25-12-18(9-10-23(25)32)22-11-19-15-34-29(33-5)37-27(19)39(17(3)4)28(22)41/h6-17H,1-5H3,(H,33,34,37)(H2,35,36,42). The first-order valence-corrected chi connectivity index (χ1v) is 13.4. The Morgan fingerprint density at radius 2 is 1.76 bits per heavy atom. The fourth-order valence-corrected chi connectivity index (χ4v) is 4.56. The first-order chi connectivity index (χ1) is 20.0. The summed E-state index contributed by atoms with van der Waals surface area (Å²) in [6.45, 7) is 7.61. The number of carbonyl (C=O) groups excluding carboxylic acids is 1. The van der Waals surface area contributed by atoms with Gasteiger partial charge in [0.1, 0.15) is 23.1 Å². The smallest absolute Gasteiger partial charge is 0.324 e. The van der Waals surface area contributed by atoms with Crippen molar-refractivity contribution in [2.24, 2.45) is 0 Å². The van der Waals surface area contributed by atoms with Crippen LogP contribution in [0.25, 0.3) is 27.8 Å². The Morgan fingerprint density at radius 3 is 2.45 bits per heavy atom. The van der Waals surface area contributed by atoms with Gasteiger partial charge in [-0.3, -0.25) is 14.7 Å². The van der Waals surface area contributed by atoms with Crippen molar-refractivity contribution in [3.05, 3.63) is 88.5 Å². The second-order valence-corrected chi connectivity index (χ2v) is 10.3. The summed E-state index contributed by atoms with van der Waals surface area (Å²) in [5.74, 6) is -0.467. The van der Waals surface area contributed by atoms with Crippen LogP contribution in [0.1, 0.15) is 45.3 Å². The number of anilines is 3. The van der Waals surface area contributed by atoms with Gasteiger partial charge in [0.05, 0.1) is 17.1 Å². The molecule has 5 aromatic rings. The van der Waals surface area contributed by atoms with Gasteiger partial charge in [0.25, 0.3) is 5.56 Å². The van der Waals surface area contributed by atoms with E-state index in [1.165, 1.54) is 41.1 Å². The molecule has 12 heteroatoms. The van der Waals surface area contributed by atoms with Gasteiger partial charge in [0.15, 0.2) is 0 Å². The average Bonchev–Trinajstić information content (AvgIpc) is 3.37. The summed E-state index contributed by atoms with van der Waals surface area (Å²) in [5.41, 5.74) is 1.79. The molecule has 0 radical (unpaired) electrons. The molecule has 3 N–H and O–H groups in total. The molecule has 0 saturated carbocycles. The summed E-state index contributed by atoms with van der Waals surface area (Å²) >= 11 is 0. The molecule has 0 spiro atoms. The summed E-state index contributed by atoms with van der Waals surface area (Å²) in [5, 5.41) is 13.2. The van der Waals surface area contributed by atoms with E-state index in [1.807, 2.05) is 27.7 Å². The first-order valence-electron chi connectivity index (χ1n) is 13.4. The molecule has 42 heavy (non-hydrogen) atoms. The number of carbonyl (C=O) groups is 1. The van der Waals surface area contributed by atoms with Gasteiger partial charge in [-0.1, -0.05) is 26.0 Å². The third-order valence-corrected chi connectivity index (χ3v) is 6.65. The van der Waals surface area contributed by atoms with Crippen LogP contribution in [0.15, 0.2) is 65.6 Å². The molecule has 2 amide bonds. The van der Waals surface area contributed by atoms with E-state index in [9.17, 15) is 18.4 Å². The highest BCUT2D eigenvalue weighted by Crippen LogP contribution is 2.27. The maximum absolute atomic E-state index is 14.9. The van der Waals surface area contributed by atoms with Crippen LogP contribution in [0, 0.1) is 11.6 Å². The number of benzene rings is 2. The van der Waals surface area contributed by atoms with Gasteiger partial charge in [-0.15, -0.1) is 0 Å². The van der Waals surface area contributed by atoms with E-state index in [4.69, 9.17) is 0 Å². The molecule has 0 unspecified atom stereocenters. The number of hydrogen-bond donors (Lipinski definition) is 3. The van der Waals surface area contributed by atoms with E-state index in [0.717, 1.165) is 0 Å². The highest BCUT2D eigenvalue weighted by atomic mass is 19.1. The molecule has 0 atom stereocenters. The van der Waals surface area contributed by atoms with Crippen molar-refractivity contribution in [3.63, 3.8) is 0 Å². The minimum atomic E-state index is -0.745. The van der Waals surface area contributed by atoms with E-state index >= 15 is 0 Å². The molecule has 2 aromatic carbocycles. The number of halogens is 2. The fraction of sp³-hybridized carbons (Fsp3) is 0.233. The number of pyridine rings is 1. The quantitative estimate of drug-likeness (QED) is 0.210. The van der Waals surface area contributed by atoms with Crippen LogP contribution < -0.4 is 21.5 Å². The monoisotopic (exact) mass is 572 g/mol. The predicted octanol–water partition coefficient (Wildman–Crippen LogP) is 6.31. The van der Waals surface area contributed by atoms with Crippen LogP contribution >= 0.6 is 0 Å². The van der Waals surface area contributed by atoms with Gasteiger partial charge in [0.2, 0.25) is 5.95 Å². The molecule has 3 aromatic heterocycles. The molecule has 0 fully saturated rings. The predicted molar refractivity (Wildman–Crippen MR) is 159 cm³/mol. The van der Waals surface area contributed by atoms with Gasteiger partial charge in [0, 0.05) is 36.3 Å². The third-order valence-electron chi connectivity index (χ3n) is 6.65. The van der Waals surface area contributed by atoms with Crippen LogP contribution in [0.3, 0.4) is 0 Å². The maximum Gasteiger partial charge on any atom is 0.324 e. The highest BCUT2D eigenvalue weighted by molar-refractivity contribution is 6.00. The van der Waals surface area contributed by atoms with Crippen molar-refractivity contribution in [1.82, 2.24) is 24.3 Å². The lowest BCUT2D eigenvalue weighted by Crippen LogP contribution is -2.25. The summed E-state index contributed by atoms with van der Waals surface area (Å²) in [6, 6.07) is 12.2. The molecular formula is C30H30F2N8O2. The summed E-state index contributed by atoms with van der Waals surface area (Å²) < 4.78 is 31.8. The zero-order valence-corrected chi connectivity index (χ0v) is 23.7. The number of fused-ring (bicyclic) bond motifs is 1. The minimum absolute atomic E-state index is 0.0320. The summed E-state index contributed by atoms with van der Waals surface area (Å²) in [6.07, 6.45) is 1.61. The van der Waals surface area contributed by atoms with Crippen molar-refractivity contribution in [2.75, 3.05) is 23.0 Å². The topological polar surface area (TPSA) is 119 Å². The minimum Gasteiger partial charge on any atom is -0.357 e. The summed E-state index contributed by atoms with van der Waals surface area (Å²) in [7, 11) is 1.69.